The number of carbonyl (C=O) groups excluding carboxylic acids is 1. The van der Waals surface area contributed by atoms with E-state index in [-0.39, 0.29) is 11.3 Å². The molecule has 2 aromatic carbocycles. The molecule has 0 fully saturated rings. The molecule has 0 atom stereocenters. The summed E-state index contributed by atoms with van der Waals surface area (Å²) in [4.78, 5) is 12.1. The van der Waals surface area contributed by atoms with E-state index in [1.807, 2.05) is 0 Å². The average molecular weight is 322 g/mol. The standard InChI is InChI=1S/C17H16F2O4/c1-3-10-6-11(15(21)7-14(10)20)16(22)8-23-17-12(18)4-9(2)5-13(17)19/h4-7,20-21H,3,8H2,1-2H3. The number of aromatic hydroxyl groups is 2. The quantitative estimate of drug-likeness (QED) is 0.827. The van der Waals surface area contributed by atoms with Crippen LogP contribution in [0, 0.1) is 18.6 Å². The van der Waals surface area contributed by atoms with E-state index in [4.69, 9.17) is 4.74 Å². The molecule has 4 nitrogen and oxygen atoms in total. The second-order valence-corrected chi connectivity index (χ2v) is 5.12. The van der Waals surface area contributed by atoms with Gasteiger partial charge in [0.25, 0.3) is 0 Å². The normalized spacial score (nSPS) is 10.6. The van der Waals surface area contributed by atoms with Crippen molar-refractivity contribution in [3.8, 4) is 17.2 Å². The van der Waals surface area contributed by atoms with Gasteiger partial charge in [0.15, 0.2) is 24.0 Å². The van der Waals surface area contributed by atoms with Crippen LogP contribution in [0.3, 0.4) is 0 Å². The van der Waals surface area contributed by atoms with E-state index in [0.29, 0.717) is 17.5 Å². The Morgan fingerprint density at radius 1 is 1.09 bits per heavy atom. The smallest absolute Gasteiger partial charge is 0.203 e. The molecule has 23 heavy (non-hydrogen) atoms. The van der Waals surface area contributed by atoms with Gasteiger partial charge in [-0.2, -0.15) is 0 Å². The van der Waals surface area contributed by atoms with Gasteiger partial charge in [0.2, 0.25) is 5.78 Å². The van der Waals surface area contributed by atoms with Crippen molar-refractivity contribution in [1.82, 2.24) is 0 Å². The number of hydrogen-bond donors (Lipinski definition) is 2. The lowest BCUT2D eigenvalue weighted by atomic mass is 10.0. The van der Waals surface area contributed by atoms with E-state index in [1.54, 1.807) is 6.92 Å². The number of Topliss-reactive ketones (excluding diaryl/α,β-unsaturated/α-hetero) is 1. The van der Waals surface area contributed by atoms with Crippen molar-refractivity contribution in [2.45, 2.75) is 20.3 Å². The molecule has 0 radical (unpaired) electrons. The second kappa shape index (κ2) is 6.64. The maximum atomic E-state index is 13.7. The summed E-state index contributed by atoms with van der Waals surface area (Å²) < 4.78 is 32.2. The maximum absolute atomic E-state index is 13.7. The predicted octanol–water partition coefficient (Wildman–Crippen LogP) is 3.51. The summed E-state index contributed by atoms with van der Waals surface area (Å²) in [6.45, 7) is 2.66. The zero-order chi connectivity index (χ0) is 17.1. The van der Waals surface area contributed by atoms with Gasteiger partial charge in [-0.15, -0.1) is 0 Å². The summed E-state index contributed by atoms with van der Waals surface area (Å²) in [7, 11) is 0. The summed E-state index contributed by atoms with van der Waals surface area (Å²) in [6, 6.07) is 4.57. The first-order valence-electron chi connectivity index (χ1n) is 7.00. The van der Waals surface area contributed by atoms with Crippen LogP contribution in [0.5, 0.6) is 17.2 Å². The largest absolute Gasteiger partial charge is 0.508 e. The van der Waals surface area contributed by atoms with Gasteiger partial charge in [0.1, 0.15) is 11.5 Å². The second-order valence-electron chi connectivity index (χ2n) is 5.12. The molecule has 2 N–H and O–H groups in total. The Kier molecular flexibility index (Phi) is 4.83. The van der Waals surface area contributed by atoms with Crippen molar-refractivity contribution in [3.63, 3.8) is 0 Å². The van der Waals surface area contributed by atoms with Crippen LogP contribution >= 0.6 is 0 Å². The van der Waals surface area contributed by atoms with Crippen molar-refractivity contribution in [3.05, 3.63) is 52.6 Å². The molecule has 2 aromatic rings. The SMILES string of the molecule is CCc1cc(C(=O)COc2c(F)cc(C)cc2F)c(O)cc1O. The molecule has 0 aromatic heterocycles. The molecule has 0 aliphatic heterocycles. The molecule has 0 aliphatic rings. The van der Waals surface area contributed by atoms with E-state index in [1.165, 1.54) is 13.0 Å². The van der Waals surface area contributed by atoms with Crippen molar-refractivity contribution < 1.29 is 28.5 Å². The third-order valence-corrected chi connectivity index (χ3v) is 3.37. The number of aryl methyl sites for hydroxylation is 2. The molecule has 0 unspecified atom stereocenters. The van der Waals surface area contributed by atoms with Crippen LogP contribution < -0.4 is 4.74 Å². The van der Waals surface area contributed by atoms with Gasteiger partial charge >= 0.3 is 0 Å². The summed E-state index contributed by atoms with van der Waals surface area (Å²) in [5, 5.41) is 19.3. The van der Waals surface area contributed by atoms with Gasteiger partial charge in [-0.25, -0.2) is 8.78 Å². The fraction of sp³-hybridized carbons (Fsp3) is 0.235. The van der Waals surface area contributed by atoms with Crippen LogP contribution in [0.4, 0.5) is 8.78 Å². The minimum atomic E-state index is -0.903. The first-order chi connectivity index (χ1) is 10.8. The first-order valence-corrected chi connectivity index (χ1v) is 7.00. The molecule has 0 heterocycles. The van der Waals surface area contributed by atoms with Gasteiger partial charge in [-0.05, 0) is 42.7 Å². The highest BCUT2D eigenvalue weighted by Gasteiger charge is 2.18. The van der Waals surface area contributed by atoms with Crippen LogP contribution in [0.1, 0.15) is 28.4 Å². The highest BCUT2D eigenvalue weighted by Crippen LogP contribution is 2.29. The van der Waals surface area contributed by atoms with Crippen LogP contribution in [0.25, 0.3) is 0 Å². The Morgan fingerprint density at radius 2 is 1.70 bits per heavy atom. The van der Waals surface area contributed by atoms with E-state index in [2.05, 4.69) is 0 Å². The van der Waals surface area contributed by atoms with E-state index >= 15 is 0 Å². The Labute approximate surface area is 132 Å². The number of rotatable bonds is 5. The van der Waals surface area contributed by atoms with Gasteiger partial charge in [-0.3, -0.25) is 4.79 Å². The van der Waals surface area contributed by atoms with E-state index < -0.39 is 35.5 Å². The molecular weight excluding hydrogens is 306 g/mol. The van der Waals surface area contributed by atoms with Crippen LogP contribution in [0.15, 0.2) is 24.3 Å². The Morgan fingerprint density at radius 3 is 2.26 bits per heavy atom. The van der Waals surface area contributed by atoms with E-state index in [0.717, 1.165) is 18.2 Å². The number of benzene rings is 2. The van der Waals surface area contributed by atoms with Crippen LogP contribution in [0.2, 0.25) is 0 Å². The zero-order valence-electron chi connectivity index (χ0n) is 12.7. The number of halogens is 2. The number of phenolic OH excluding ortho intramolecular Hbond substituents is 2. The summed E-state index contributed by atoms with van der Waals surface area (Å²) >= 11 is 0. The zero-order valence-corrected chi connectivity index (χ0v) is 12.7. The lowest BCUT2D eigenvalue weighted by molar-refractivity contribution is 0.0913. The monoisotopic (exact) mass is 322 g/mol. The summed E-state index contributed by atoms with van der Waals surface area (Å²) in [6.07, 6.45) is 0.453. The van der Waals surface area contributed by atoms with Crippen molar-refractivity contribution >= 4 is 5.78 Å². The predicted molar refractivity (Wildman–Crippen MR) is 80.1 cm³/mol. The first kappa shape index (κ1) is 16.7. The maximum Gasteiger partial charge on any atom is 0.203 e. The number of ketones is 1. The summed E-state index contributed by atoms with van der Waals surface area (Å²) in [5.74, 6) is -3.65. The van der Waals surface area contributed by atoms with Gasteiger partial charge in [0.05, 0.1) is 5.56 Å². The minimum Gasteiger partial charge on any atom is -0.508 e. The van der Waals surface area contributed by atoms with Crippen LogP contribution in [-0.2, 0) is 6.42 Å². The third kappa shape index (κ3) is 3.59. The number of carbonyl (C=O) groups is 1. The fourth-order valence-corrected chi connectivity index (χ4v) is 2.17. The molecule has 6 heteroatoms. The Balaban J connectivity index is 2.21. The highest BCUT2D eigenvalue weighted by molar-refractivity contribution is 6.00. The lowest BCUT2D eigenvalue weighted by Crippen LogP contribution is -2.13. The number of ether oxygens (including phenoxy) is 1. The topological polar surface area (TPSA) is 66.8 Å². The summed E-state index contributed by atoms with van der Waals surface area (Å²) in [5.41, 5.74) is 0.786. The lowest BCUT2D eigenvalue weighted by Gasteiger charge is -2.11. The van der Waals surface area contributed by atoms with E-state index in [9.17, 15) is 23.8 Å². The van der Waals surface area contributed by atoms with Gasteiger partial charge < -0.3 is 14.9 Å². The Hall–Kier alpha value is -2.63. The molecule has 0 bridgehead atoms. The van der Waals surface area contributed by atoms with Gasteiger partial charge in [-0.1, -0.05) is 6.92 Å². The molecule has 0 saturated carbocycles. The molecule has 0 aliphatic carbocycles. The molecule has 0 saturated heterocycles. The van der Waals surface area contributed by atoms with Gasteiger partial charge in [0, 0.05) is 6.07 Å². The number of hydrogen-bond acceptors (Lipinski definition) is 4. The molecule has 0 amide bonds. The molecule has 0 spiro atoms. The van der Waals surface area contributed by atoms with Crippen molar-refractivity contribution in [2.24, 2.45) is 0 Å². The molecule has 122 valence electrons. The van der Waals surface area contributed by atoms with Crippen LogP contribution in [-0.4, -0.2) is 22.6 Å². The fourth-order valence-electron chi connectivity index (χ4n) is 2.17. The molecule has 2 rings (SSSR count). The Bertz CT molecular complexity index is 733. The minimum absolute atomic E-state index is 0.0763. The number of phenols is 2. The third-order valence-electron chi connectivity index (χ3n) is 3.37. The highest BCUT2D eigenvalue weighted by atomic mass is 19.1. The molecular formula is C17H16F2O4. The van der Waals surface area contributed by atoms with Crippen molar-refractivity contribution in [2.75, 3.05) is 6.61 Å². The van der Waals surface area contributed by atoms with Crippen molar-refractivity contribution in [1.29, 1.82) is 0 Å². The average Bonchev–Trinajstić information content (AvgIpc) is 2.46.